The molecular weight excluding hydrogens is 290 g/mol. The van der Waals surface area contributed by atoms with Crippen LogP contribution in [-0.4, -0.2) is 36.6 Å². The number of rotatable bonds is 3. The van der Waals surface area contributed by atoms with Crippen molar-refractivity contribution in [3.63, 3.8) is 0 Å². The Morgan fingerprint density at radius 1 is 1.33 bits per heavy atom. The molecule has 3 fully saturated rings. The average Bonchev–Trinajstić information content (AvgIpc) is 2.43. The van der Waals surface area contributed by atoms with Crippen LogP contribution in [0.2, 0.25) is 0 Å². The van der Waals surface area contributed by atoms with Crippen LogP contribution in [0.1, 0.15) is 12.8 Å². The summed E-state index contributed by atoms with van der Waals surface area (Å²) < 4.78 is 1.12. The number of hydrogen-bond acceptors (Lipinski definition) is 3. The van der Waals surface area contributed by atoms with Gasteiger partial charge in [-0.3, -0.25) is 0 Å². The van der Waals surface area contributed by atoms with E-state index in [0.29, 0.717) is 12.5 Å². The molecule has 0 amide bonds. The fraction of sp³-hybridized carbons (Fsp3) is 0.571. The number of nitrogens with one attached hydrogen (secondary N) is 1. The van der Waals surface area contributed by atoms with Gasteiger partial charge in [0.1, 0.15) is 0 Å². The molecule has 1 aromatic rings. The number of para-hydroxylation sites is 1. The number of piperidine rings is 3. The Morgan fingerprint density at radius 2 is 2.06 bits per heavy atom. The summed E-state index contributed by atoms with van der Waals surface area (Å²) in [4.78, 5) is 2.54. The van der Waals surface area contributed by atoms with Gasteiger partial charge in [-0.2, -0.15) is 0 Å². The van der Waals surface area contributed by atoms with E-state index in [2.05, 4.69) is 44.3 Å². The lowest BCUT2D eigenvalue weighted by atomic mass is 9.72. The third-order valence-electron chi connectivity index (χ3n) is 4.50. The average molecular weight is 310 g/mol. The fourth-order valence-electron chi connectivity index (χ4n) is 3.43. The Bertz CT molecular complexity index is 429. The second-order valence-electron chi connectivity index (χ2n) is 5.52. The number of nitrogens with zero attached hydrogens (tertiary/aromatic N) is 1. The maximum absolute atomic E-state index is 6.12. The Balaban J connectivity index is 1.87. The van der Waals surface area contributed by atoms with Crippen LogP contribution in [0.3, 0.4) is 0 Å². The molecule has 0 spiro atoms. The SMILES string of the molecule is NCC1(Nc2ccccc2Br)CN2CCC1CC2. The van der Waals surface area contributed by atoms with E-state index in [1.54, 1.807) is 0 Å². The standard InChI is InChI=1S/C14H20BrN3/c15-12-3-1-2-4-13(12)17-14(9-16)10-18-7-5-11(14)6-8-18/h1-4,11,17H,5-10,16H2. The summed E-state index contributed by atoms with van der Waals surface area (Å²) in [5.41, 5.74) is 7.34. The molecule has 1 aromatic carbocycles. The first-order valence-electron chi connectivity index (χ1n) is 6.69. The molecule has 0 radical (unpaired) electrons. The van der Waals surface area contributed by atoms with Gasteiger partial charge >= 0.3 is 0 Å². The maximum Gasteiger partial charge on any atom is 0.0651 e. The van der Waals surface area contributed by atoms with Crippen LogP contribution in [-0.2, 0) is 0 Å². The Hall–Kier alpha value is -0.580. The van der Waals surface area contributed by atoms with E-state index in [1.807, 2.05) is 6.07 Å². The van der Waals surface area contributed by atoms with E-state index in [4.69, 9.17) is 5.73 Å². The second-order valence-corrected chi connectivity index (χ2v) is 6.37. The molecule has 4 heteroatoms. The number of anilines is 1. The Morgan fingerprint density at radius 3 is 2.61 bits per heavy atom. The van der Waals surface area contributed by atoms with Crippen LogP contribution in [0.25, 0.3) is 0 Å². The lowest BCUT2D eigenvalue weighted by Crippen LogP contribution is -2.66. The highest BCUT2D eigenvalue weighted by molar-refractivity contribution is 9.10. The summed E-state index contributed by atoms with van der Waals surface area (Å²) >= 11 is 3.61. The predicted molar refractivity (Wildman–Crippen MR) is 78.7 cm³/mol. The number of benzene rings is 1. The van der Waals surface area contributed by atoms with Gasteiger partial charge in [-0.1, -0.05) is 12.1 Å². The lowest BCUT2D eigenvalue weighted by Gasteiger charge is -2.53. The molecule has 0 aromatic heterocycles. The van der Waals surface area contributed by atoms with Crippen molar-refractivity contribution in [2.45, 2.75) is 18.4 Å². The quantitative estimate of drug-likeness (QED) is 0.900. The van der Waals surface area contributed by atoms with E-state index in [-0.39, 0.29) is 5.54 Å². The molecule has 3 aliphatic rings. The fourth-order valence-corrected chi connectivity index (χ4v) is 3.81. The topological polar surface area (TPSA) is 41.3 Å². The van der Waals surface area contributed by atoms with Gasteiger partial charge in [0.15, 0.2) is 0 Å². The van der Waals surface area contributed by atoms with Gasteiger partial charge < -0.3 is 16.0 Å². The van der Waals surface area contributed by atoms with E-state index in [1.165, 1.54) is 25.9 Å². The van der Waals surface area contributed by atoms with Crippen LogP contribution < -0.4 is 11.1 Å². The van der Waals surface area contributed by atoms with Gasteiger partial charge in [-0.15, -0.1) is 0 Å². The molecule has 3 saturated heterocycles. The van der Waals surface area contributed by atoms with Gasteiger partial charge in [0, 0.05) is 23.2 Å². The van der Waals surface area contributed by atoms with Gasteiger partial charge in [0.05, 0.1) is 5.54 Å². The molecule has 0 aliphatic carbocycles. The van der Waals surface area contributed by atoms with Gasteiger partial charge in [-0.05, 0) is 59.9 Å². The van der Waals surface area contributed by atoms with E-state index in [9.17, 15) is 0 Å². The zero-order valence-corrected chi connectivity index (χ0v) is 12.1. The van der Waals surface area contributed by atoms with Crippen molar-refractivity contribution < 1.29 is 0 Å². The summed E-state index contributed by atoms with van der Waals surface area (Å²) in [5, 5.41) is 3.73. The molecule has 3 aliphatic heterocycles. The van der Waals surface area contributed by atoms with Gasteiger partial charge in [0.2, 0.25) is 0 Å². The molecule has 3 heterocycles. The van der Waals surface area contributed by atoms with Crippen molar-refractivity contribution in [2.24, 2.45) is 11.7 Å². The van der Waals surface area contributed by atoms with Gasteiger partial charge in [0.25, 0.3) is 0 Å². The van der Waals surface area contributed by atoms with Gasteiger partial charge in [-0.25, -0.2) is 0 Å². The summed E-state index contributed by atoms with van der Waals surface area (Å²) in [6.45, 7) is 4.26. The number of nitrogens with two attached hydrogens (primary N) is 1. The van der Waals surface area contributed by atoms with Crippen molar-refractivity contribution in [3.8, 4) is 0 Å². The molecule has 2 bridgehead atoms. The molecular formula is C14H20BrN3. The molecule has 1 atom stereocenters. The highest BCUT2D eigenvalue weighted by Crippen LogP contribution is 2.38. The minimum absolute atomic E-state index is 0.0559. The van der Waals surface area contributed by atoms with E-state index >= 15 is 0 Å². The zero-order chi connectivity index (χ0) is 12.6. The number of hydrogen-bond donors (Lipinski definition) is 2. The van der Waals surface area contributed by atoms with Crippen molar-refractivity contribution >= 4 is 21.6 Å². The highest BCUT2D eigenvalue weighted by atomic mass is 79.9. The monoisotopic (exact) mass is 309 g/mol. The highest BCUT2D eigenvalue weighted by Gasteiger charge is 2.45. The summed E-state index contributed by atoms with van der Waals surface area (Å²) in [6, 6.07) is 8.31. The summed E-state index contributed by atoms with van der Waals surface area (Å²) in [7, 11) is 0. The molecule has 3 nitrogen and oxygen atoms in total. The van der Waals surface area contributed by atoms with Crippen LogP contribution in [0.4, 0.5) is 5.69 Å². The first kappa shape index (κ1) is 12.5. The van der Waals surface area contributed by atoms with Crippen LogP contribution in [0, 0.1) is 5.92 Å². The molecule has 1 unspecified atom stereocenters. The maximum atomic E-state index is 6.12. The normalized spacial score (nSPS) is 34.6. The van der Waals surface area contributed by atoms with E-state index in [0.717, 1.165) is 16.7 Å². The Labute approximate surface area is 117 Å². The van der Waals surface area contributed by atoms with Crippen molar-refractivity contribution in [1.82, 2.24) is 4.90 Å². The first-order chi connectivity index (χ1) is 8.73. The van der Waals surface area contributed by atoms with Crippen molar-refractivity contribution in [3.05, 3.63) is 28.7 Å². The summed E-state index contributed by atoms with van der Waals surface area (Å²) in [6.07, 6.45) is 2.54. The van der Waals surface area contributed by atoms with Crippen molar-refractivity contribution in [2.75, 3.05) is 31.5 Å². The second kappa shape index (κ2) is 4.83. The largest absolute Gasteiger partial charge is 0.376 e. The Kier molecular flexibility index (Phi) is 3.34. The van der Waals surface area contributed by atoms with Crippen molar-refractivity contribution in [1.29, 1.82) is 0 Å². The van der Waals surface area contributed by atoms with E-state index < -0.39 is 0 Å². The summed E-state index contributed by atoms with van der Waals surface area (Å²) in [5.74, 6) is 0.708. The minimum Gasteiger partial charge on any atom is -0.376 e. The number of halogens is 1. The minimum atomic E-state index is 0.0559. The van der Waals surface area contributed by atoms with Crippen LogP contribution in [0.15, 0.2) is 28.7 Å². The molecule has 98 valence electrons. The number of fused-ring (bicyclic) bond motifs is 3. The smallest absolute Gasteiger partial charge is 0.0651 e. The first-order valence-corrected chi connectivity index (χ1v) is 7.48. The van der Waals surface area contributed by atoms with Crippen LogP contribution >= 0.6 is 15.9 Å². The molecule has 3 N–H and O–H groups in total. The molecule has 18 heavy (non-hydrogen) atoms. The zero-order valence-electron chi connectivity index (χ0n) is 10.5. The molecule has 0 saturated carbocycles. The van der Waals surface area contributed by atoms with Crippen LogP contribution in [0.5, 0.6) is 0 Å². The lowest BCUT2D eigenvalue weighted by molar-refractivity contribution is 0.0449. The third-order valence-corrected chi connectivity index (χ3v) is 5.19. The molecule has 4 rings (SSSR count). The third kappa shape index (κ3) is 2.06. The predicted octanol–water partition coefficient (Wildman–Crippen LogP) is 2.28.